The van der Waals surface area contributed by atoms with Gasteiger partial charge in [-0.2, -0.15) is 16.3 Å². The van der Waals surface area contributed by atoms with Gasteiger partial charge in [-0.25, -0.2) is 9.50 Å². The molecule has 1 aliphatic heterocycles. The lowest BCUT2D eigenvalue weighted by atomic mass is 10.1. The van der Waals surface area contributed by atoms with E-state index < -0.39 is 0 Å². The lowest BCUT2D eigenvalue weighted by Crippen LogP contribution is -2.06. The van der Waals surface area contributed by atoms with Crippen LogP contribution in [0.3, 0.4) is 0 Å². The van der Waals surface area contributed by atoms with Crippen molar-refractivity contribution in [2.45, 2.75) is 13.3 Å². The standard InChI is InChI=1S/C19H16N4O3S/c1-10-20-14-7-12-6-13(8-15(24-2)17(12)25-3)26-19-16(14)23(10)22-18(21-19)11-4-5-27-9-11/h4-6,8-9H,7H2,1-3H3. The van der Waals surface area contributed by atoms with Gasteiger partial charge in [-0.3, -0.25) is 0 Å². The Morgan fingerprint density at radius 1 is 1.19 bits per heavy atom. The van der Waals surface area contributed by atoms with Gasteiger partial charge in [0.1, 0.15) is 11.6 Å². The molecule has 0 spiro atoms. The Hall–Kier alpha value is -3.13. The number of rotatable bonds is 3. The van der Waals surface area contributed by atoms with Crippen LogP contribution in [0.2, 0.25) is 0 Å². The van der Waals surface area contributed by atoms with Crippen molar-refractivity contribution in [2.24, 2.45) is 0 Å². The van der Waals surface area contributed by atoms with Gasteiger partial charge in [-0.05, 0) is 24.4 Å². The highest BCUT2D eigenvalue weighted by Crippen LogP contribution is 2.41. The van der Waals surface area contributed by atoms with Crippen LogP contribution in [-0.4, -0.2) is 33.8 Å². The van der Waals surface area contributed by atoms with E-state index in [1.165, 1.54) is 0 Å². The number of aromatic nitrogens is 4. The smallest absolute Gasteiger partial charge is 0.249 e. The van der Waals surface area contributed by atoms with Gasteiger partial charge in [0.2, 0.25) is 5.88 Å². The van der Waals surface area contributed by atoms with Crippen molar-refractivity contribution in [1.29, 1.82) is 0 Å². The number of imidazole rings is 1. The molecule has 2 bridgehead atoms. The number of ether oxygens (including phenoxy) is 3. The fourth-order valence-electron chi connectivity index (χ4n) is 3.39. The minimum absolute atomic E-state index is 0.486. The number of fused-ring (bicyclic) bond motifs is 2. The molecular weight excluding hydrogens is 364 g/mol. The summed E-state index contributed by atoms with van der Waals surface area (Å²) in [4.78, 5) is 9.40. The summed E-state index contributed by atoms with van der Waals surface area (Å²) < 4.78 is 19.0. The maximum atomic E-state index is 6.16. The van der Waals surface area contributed by atoms with Crippen LogP contribution in [0, 0.1) is 6.92 Å². The van der Waals surface area contributed by atoms with E-state index in [4.69, 9.17) is 19.2 Å². The van der Waals surface area contributed by atoms with Gasteiger partial charge >= 0.3 is 0 Å². The molecular formula is C19H16N4O3S. The average Bonchev–Trinajstić information content (AvgIpc) is 3.29. The fourth-order valence-corrected chi connectivity index (χ4v) is 4.02. The van der Waals surface area contributed by atoms with Crippen LogP contribution in [0.25, 0.3) is 16.9 Å². The van der Waals surface area contributed by atoms with Gasteiger partial charge in [0.25, 0.3) is 0 Å². The Bertz CT molecular complexity index is 1170. The van der Waals surface area contributed by atoms with Gasteiger partial charge in [-0.15, -0.1) is 5.10 Å². The third-order valence-electron chi connectivity index (χ3n) is 4.57. The monoisotopic (exact) mass is 380 g/mol. The molecule has 7 nitrogen and oxygen atoms in total. The molecule has 0 fully saturated rings. The quantitative estimate of drug-likeness (QED) is 0.473. The first-order valence-corrected chi connectivity index (χ1v) is 9.33. The molecule has 0 radical (unpaired) electrons. The molecule has 8 heteroatoms. The molecule has 1 aromatic carbocycles. The average molecular weight is 380 g/mol. The number of nitrogens with zero attached hydrogens (tertiary/aromatic N) is 4. The predicted octanol–water partition coefficient (Wildman–Crippen LogP) is 3.87. The lowest BCUT2D eigenvalue weighted by molar-refractivity contribution is 0.348. The van der Waals surface area contributed by atoms with Gasteiger partial charge in [-0.1, -0.05) is 0 Å². The second-order valence-electron chi connectivity index (χ2n) is 6.22. The van der Waals surface area contributed by atoms with Gasteiger partial charge < -0.3 is 14.2 Å². The van der Waals surface area contributed by atoms with Crippen LogP contribution >= 0.6 is 11.3 Å². The van der Waals surface area contributed by atoms with E-state index in [2.05, 4.69) is 10.1 Å². The van der Waals surface area contributed by atoms with E-state index in [9.17, 15) is 0 Å². The zero-order valence-electron chi connectivity index (χ0n) is 15.0. The molecule has 136 valence electrons. The molecule has 1 aliphatic rings. The fraction of sp³-hybridized carbons (Fsp3) is 0.211. The molecule has 27 heavy (non-hydrogen) atoms. The van der Waals surface area contributed by atoms with Crippen LogP contribution in [0.5, 0.6) is 23.1 Å². The number of thiophene rings is 1. The van der Waals surface area contributed by atoms with Crippen LogP contribution in [-0.2, 0) is 6.42 Å². The van der Waals surface area contributed by atoms with Crippen molar-refractivity contribution in [3.8, 4) is 34.5 Å². The molecule has 0 amide bonds. The first kappa shape index (κ1) is 16.1. The SMILES string of the molecule is COc1cc2cc(c1OC)Cc1nc(C)n3nc(-c4ccsc4)nc(c13)O2. The Kier molecular flexibility index (Phi) is 3.54. The second-order valence-corrected chi connectivity index (χ2v) is 7.00. The maximum absolute atomic E-state index is 6.16. The highest BCUT2D eigenvalue weighted by molar-refractivity contribution is 7.08. The molecule has 0 aliphatic carbocycles. The van der Waals surface area contributed by atoms with Gasteiger partial charge in [0.15, 0.2) is 22.8 Å². The largest absolute Gasteiger partial charge is 0.493 e. The van der Waals surface area contributed by atoms with Crippen LogP contribution in [0.1, 0.15) is 17.1 Å². The first-order chi connectivity index (χ1) is 13.2. The molecule has 0 unspecified atom stereocenters. The van der Waals surface area contributed by atoms with E-state index in [0.29, 0.717) is 35.4 Å². The zero-order valence-corrected chi connectivity index (χ0v) is 15.8. The first-order valence-electron chi connectivity index (χ1n) is 8.39. The number of hydrogen-bond acceptors (Lipinski definition) is 7. The Labute approximate surface area is 159 Å². The maximum Gasteiger partial charge on any atom is 0.249 e. The number of benzene rings is 1. The van der Waals surface area contributed by atoms with Crippen molar-refractivity contribution >= 4 is 16.9 Å². The molecule has 0 N–H and O–H groups in total. The van der Waals surface area contributed by atoms with Crippen molar-refractivity contribution in [1.82, 2.24) is 19.6 Å². The van der Waals surface area contributed by atoms with E-state index in [0.717, 1.165) is 28.2 Å². The minimum atomic E-state index is 0.486. The highest BCUT2D eigenvalue weighted by atomic mass is 32.1. The minimum Gasteiger partial charge on any atom is -0.493 e. The van der Waals surface area contributed by atoms with E-state index in [1.807, 2.05) is 29.8 Å². The van der Waals surface area contributed by atoms with Crippen LogP contribution in [0.4, 0.5) is 0 Å². The van der Waals surface area contributed by atoms with Gasteiger partial charge in [0.05, 0.1) is 19.9 Å². The molecule has 5 rings (SSSR count). The van der Waals surface area contributed by atoms with E-state index >= 15 is 0 Å². The molecule has 0 saturated heterocycles. The summed E-state index contributed by atoms with van der Waals surface area (Å²) in [5.74, 6) is 3.82. The molecule has 3 aromatic heterocycles. The summed E-state index contributed by atoms with van der Waals surface area (Å²) in [7, 11) is 3.24. The number of aryl methyl sites for hydroxylation is 1. The molecule has 0 saturated carbocycles. The Balaban J connectivity index is 1.77. The van der Waals surface area contributed by atoms with Crippen molar-refractivity contribution in [3.63, 3.8) is 0 Å². The summed E-state index contributed by atoms with van der Waals surface area (Å²) in [6, 6.07) is 5.74. The summed E-state index contributed by atoms with van der Waals surface area (Å²) >= 11 is 1.60. The van der Waals surface area contributed by atoms with E-state index in [1.54, 1.807) is 36.1 Å². The normalized spacial score (nSPS) is 12.4. The predicted molar refractivity (Wildman–Crippen MR) is 101 cm³/mol. The van der Waals surface area contributed by atoms with Gasteiger partial charge in [0, 0.05) is 29.0 Å². The van der Waals surface area contributed by atoms with Crippen LogP contribution < -0.4 is 14.2 Å². The molecule has 0 atom stereocenters. The zero-order chi connectivity index (χ0) is 18.5. The van der Waals surface area contributed by atoms with Crippen molar-refractivity contribution < 1.29 is 14.2 Å². The van der Waals surface area contributed by atoms with Crippen LogP contribution in [0.15, 0.2) is 29.0 Å². The summed E-state index contributed by atoms with van der Waals surface area (Å²) in [6.07, 6.45) is 0.572. The summed E-state index contributed by atoms with van der Waals surface area (Å²) in [5, 5.41) is 8.69. The Morgan fingerprint density at radius 2 is 2.07 bits per heavy atom. The van der Waals surface area contributed by atoms with Crippen molar-refractivity contribution in [3.05, 3.63) is 46.0 Å². The van der Waals surface area contributed by atoms with E-state index in [-0.39, 0.29) is 0 Å². The number of hydrogen-bond donors (Lipinski definition) is 0. The second kappa shape index (κ2) is 5.95. The molecule has 4 heterocycles. The molecule has 4 aromatic rings. The third kappa shape index (κ3) is 2.44. The van der Waals surface area contributed by atoms with Crippen molar-refractivity contribution in [2.75, 3.05) is 14.2 Å². The highest BCUT2D eigenvalue weighted by Gasteiger charge is 2.25. The number of methoxy groups -OCH3 is 2. The topological polar surface area (TPSA) is 70.8 Å². The third-order valence-corrected chi connectivity index (χ3v) is 5.26. The summed E-state index contributed by atoms with van der Waals surface area (Å²) in [5.41, 5.74) is 3.52. The lowest BCUT2D eigenvalue weighted by Gasteiger charge is -2.18. The summed E-state index contributed by atoms with van der Waals surface area (Å²) in [6.45, 7) is 1.93. The Morgan fingerprint density at radius 3 is 2.81 bits per heavy atom.